The number of allylic oxidation sites excluding steroid dienone is 1. The summed E-state index contributed by atoms with van der Waals surface area (Å²) in [6.45, 7) is 10.2. The van der Waals surface area contributed by atoms with Gasteiger partial charge in [0.05, 0.1) is 17.5 Å². The van der Waals surface area contributed by atoms with E-state index in [9.17, 15) is 4.79 Å². The van der Waals surface area contributed by atoms with E-state index in [1.165, 1.54) is 6.21 Å². The zero-order valence-electron chi connectivity index (χ0n) is 26.0. The number of carbonyl (C=O) groups is 1. The fourth-order valence-corrected chi connectivity index (χ4v) is 5.29. The van der Waals surface area contributed by atoms with Gasteiger partial charge in [0.1, 0.15) is 18.1 Å². The van der Waals surface area contributed by atoms with E-state index in [0.717, 1.165) is 65.1 Å². The van der Waals surface area contributed by atoms with E-state index in [4.69, 9.17) is 20.2 Å². The van der Waals surface area contributed by atoms with Gasteiger partial charge in [-0.3, -0.25) is 24.7 Å². The van der Waals surface area contributed by atoms with Crippen molar-refractivity contribution in [1.29, 1.82) is 0 Å². The van der Waals surface area contributed by atoms with Gasteiger partial charge in [0, 0.05) is 74.3 Å². The summed E-state index contributed by atoms with van der Waals surface area (Å²) in [7, 11) is 1.74. The fourth-order valence-electron chi connectivity index (χ4n) is 5.29. The van der Waals surface area contributed by atoms with Gasteiger partial charge in [-0.2, -0.15) is 0 Å². The first-order valence-corrected chi connectivity index (χ1v) is 15.1. The topological polar surface area (TPSA) is 114 Å². The monoisotopic (exact) mass is 594 g/mol. The first kappa shape index (κ1) is 31.3. The van der Waals surface area contributed by atoms with E-state index in [0.29, 0.717) is 18.8 Å². The Kier molecular flexibility index (Phi) is 9.99. The lowest BCUT2D eigenvalue weighted by atomic mass is 9.85. The predicted molar refractivity (Wildman–Crippen MR) is 178 cm³/mol. The van der Waals surface area contributed by atoms with Crippen molar-refractivity contribution in [2.24, 2.45) is 21.1 Å². The number of aliphatic imine (C=N–C) groups is 2. The summed E-state index contributed by atoms with van der Waals surface area (Å²) in [6.07, 6.45) is 8.34. The number of carbonyl (C=O) groups excluding carboxylic acids is 1. The molecular formula is C35H42N6O3. The Hall–Kier alpha value is -4.18. The van der Waals surface area contributed by atoms with E-state index >= 15 is 0 Å². The minimum absolute atomic E-state index is 0.0321. The van der Waals surface area contributed by atoms with Crippen LogP contribution < -0.4 is 15.8 Å². The van der Waals surface area contributed by atoms with Gasteiger partial charge in [0.2, 0.25) is 0 Å². The van der Waals surface area contributed by atoms with Gasteiger partial charge < -0.3 is 20.5 Å². The van der Waals surface area contributed by atoms with Crippen molar-refractivity contribution in [1.82, 2.24) is 15.2 Å². The molecule has 230 valence electrons. The van der Waals surface area contributed by atoms with Gasteiger partial charge in [0.25, 0.3) is 5.91 Å². The van der Waals surface area contributed by atoms with Gasteiger partial charge in [0.15, 0.2) is 0 Å². The maximum Gasteiger partial charge on any atom is 0.269 e. The van der Waals surface area contributed by atoms with E-state index in [-0.39, 0.29) is 29.7 Å². The van der Waals surface area contributed by atoms with Gasteiger partial charge in [-0.25, -0.2) is 0 Å². The summed E-state index contributed by atoms with van der Waals surface area (Å²) in [5.41, 5.74) is 10.6. The lowest BCUT2D eigenvalue weighted by molar-refractivity contribution is -0.117. The van der Waals surface area contributed by atoms with E-state index < -0.39 is 0 Å². The highest BCUT2D eigenvalue weighted by Gasteiger charge is 2.25. The molecule has 3 heterocycles. The highest BCUT2D eigenvalue weighted by molar-refractivity contribution is 6.15. The Morgan fingerprint density at radius 3 is 2.70 bits per heavy atom. The van der Waals surface area contributed by atoms with Crippen LogP contribution in [0.3, 0.4) is 0 Å². The Bertz CT molecular complexity index is 1620. The molecule has 1 saturated heterocycles. The minimum Gasteiger partial charge on any atom is -0.488 e. The maximum absolute atomic E-state index is 13.0. The smallest absolute Gasteiger partial charge is 0.269 e. The Labute approximate surface area is 259 Å². The van der Waals surface area contributed by atoms with Crippen molar-refractivity contribution in [3.05, 3.63) is 83.3 Å². The molecule has 1 fully saturated rings. The van der Waals surface area contributed by atoms with Crippen LogP contribution >= 0.6 is 0 Å². The van der Waals surface area contributed by atoms with Crippen LogP contribution in [-0.2, 0) is 16.1 Å². The molecule has 2 aliphatic rings. The van der Waals surface area contributed by atoms with Crippen LogP contribution in [0.5, 0.6) is 5.75 Å². The quantitative estimate of drug-likeness (QED) is 0.229. The molecule has 1 aromatic heterocycles. The molecule has 9 heteroatoms. The molecular weight excluding hydrogens is 552 g/mol. The SMILES string of the molecule is COC1CCN(CCNC(=O)C(=Cc2cc(COc3ccc(C4=CC(C(C)(C)C)=N4)c4ccccc34)ccn2)N=CCN)C1. The largest absolute Gasteiger partial charge is 0.488 e. The summed E-state index contributed by atoms with van der Waals surface area (Å²) in [6, 6.07) is 16.1. The fraction of sp³-hybridized carbons (Fsp3) is 0.371. The molecule has 1 atom stereocenters. The number of likely N-dealkylation sites (tertiary alicyclic amines) is 1. The second-order valence-electron chi connectivity index (χ2n) is 12.1. The number of hydrogen-bond donors (Lipinski definition) is 2. The summed E-state index contributed by atoms with van der Waals surface area (Å²) in [5.74, 6) is 0.522. The molecule has 3 N–H and O–H groups in total. The van der Waals surface area contributed by atoms with Crippen molar-refractivity contribution >= 4 is 40.4 Å². The van der Waals surface area contributed by atoms with Gasteiger partial charge in [-0.05, 0) is 53.8 Å². The minimum atomic E-state index is -0.271. The van der Waals surface area contributed by atoms with Crippen LogP contribution in [0.15, 0.2) is 76.5 Å². The molecule has 1 amide bonds. The number of amides is 1. The highest BCUT2D eigenvalue weighted by Crippen LogP contribution is 2.37. The van der Waals surface area contributed by atoms with Crippen LogP contribution in [0.2, 0.25) is 0 Å². The van der Waals surface area contributed by atoms with Crippen molar-refractivity contribution < 1.29 is 14.3 Å². The van der Waals surface area contributed by atoms with Gasteiger partial charge in [-0.1, -0.05) is 45.0 Å². The second-order valence-corrected chi connectivity index (χ2v) is 12.1. The van der Waals surface area contributed by atoms with Crippen LogP contribution in [0.25, 0.3) is 22.5 Å². The number of nitrogens with one attached hydrogen (secondary N) is 1. The van der Waals surface area contributed by atoms with E-state index in [1.807, 2.05) is 30.3 Å². The first-order chi connectivity index (χ1) is 21.2. The van der Waals surface area contributed by atoms with Crippen LogP contribution in [0, 0.1) is 5.41 Å². The lowest BCUT2D eigenvalue weighted by Gasteiger charge is -2.26. The Balaban J connectivity index is 1.26. The zero-order valence-corrected chi connectivity index (χ0v) is 26.0. The standard InChI is InChI=1S/C35H42N6O3/c1-35(2,3)33-21-30(40-33)28-9-10-32(29-8-6-5-7-27(28)29)44-23-24-11-14-37-25(19-24)20-31(38-15-13-36)34(42)39-16-18-41-17-12-26(22-41)43-4/h5-11,14-15,19-21,26H,12-13,16-18,22-23,36H2,1-4H3,(H,39,42). The van der Waals surface area contributed by atoms with Gasteiger partial charge >= 0.3 is 0 Å². The average Bonchev–Trinajstić information content (AvgIpc) is 3.45. The normalized spacial score (nSPS) is 17.5. The molecule has 9 nitrogen and oxygen atoms in total. The molecule has 5 rings (SSSR count). The van der Waals surface area contributed by atoms with Crippen molar-refractivity contribution in [3.63, 3.8) is 0 Å². The number of aromatic nitrogens is 1. The van der Waals surface area contributed by atoms with Crippen molar-refractivity contribution in [2.75, 3.05) is 39.8 Å². The lowest BCUT2D eigenvalue weighted by Crippen LogP contribution is -2.34. The summed E-state index contributed by atoms with van der Waals surface area (Å²) in [5, 5.41) is 5.10. The average molecular weight is 595 g/mol. The molecule has 3 aromatic rings. The third-order valence-electron chi connectivity index (χ3n) is 7.81. The van der Waals surface area contributed by atoms with Crippen LogP contribution in [-0.4, -0.2) is 73.7 Å². The number of methoxy groups -OCH3 is 1. The van der Waals surface area contributed by atoms with E-state index in [1.54, 1.807) is 19.4 Å². The molecule has 0 spiro atoms. The molecule has 0 bridgehead atoms. The maximum atomic E-state index is 13.0. The first-order valence-electron chi connectivity index (χ1n) is 15.1. The Morgan fingerprint density at radius 1 is 1.18 bits per heavy atom. The number of nitrogens with two attached hydrogens (primary N) is 1. The zero-order chi connectivity index (χ0) is 31.1. The number of nitrogens with zero attached hydrogens (tertiary/aromatic N) is 4. The van der Waals surface area contributed by atoms with Crippen molar-refractivity contribution in [2.45, 2.75) is 39.9 Å². The number of rotatable bonds is 12. The summed E-state index contributed by atoms with van der Waals surface area (Å²) < 4.78 is 11.7. The van der Waals surface area contributed by atoms with E-state index in [2.05, 4.69) is 65.2 Å². The van der Waals surface area contributed by atoms with Crippen molar-refractivity contribution in [3.8, 4) is 5.75 Å². The van der Waals surface area contributed by atoms with Gasteiger partial charge in [-0.15, -0.1) is 0 Å². The molecule has 2 aliphatic heterocycles. The number of pyridine rings is 1. The second kappa shape index (κ2) is 14.1. The molecule has 1 unspecified atom stereocenters. The predicted octanol–water partition coefficient (Wildman–Crippen LogP) is 4.86. The van der Waals surface area contributed by atoms with Crippen LogP contribution in [0.4, 0.5) is 0 Å². The molecule has 0 radical (unpaired) electrons. The molecule has 44 heavy (non-hydrogen) atoms. The highest BCUT2D eigenvalue weighted by atomic mass is 16.5. The molecule has 0 aliphatic carbocycles. The Morgan fingerprint density at radius 2 is 1.98 bits per heavy atom. The number of ether oxygens (including phenoxy) is 2. The van der Waals surface area contributed by atoms with Crippen LogP contribution in [0.1, 0.15) is 44.0 Å². The third-order valence-corrected chi connectivity index (χ3v) is 7.81. The summed E-state index contributed by atoms with van der Waals surface area (Å²) >= 11 is 0. The number of hydrogen-bond acceptors (Lipinski definition) is 8. The third kappa shape index (κ3) is 7.66. The molecule has 2 aromatic carbocycles. The summed E-state index contributed by atoms with van der Waals surface area (Å²) in [4.78, 5) is 28.8. The number of fused-ring (bicyclic) bond motifs is 1. The number of benzene rings is 2. The molecule has 0 saturated carbocycles.